The molecule has 1 N–H and O–H groups in total. The molecule has 2 fully saturated rings. The van der Waals surface area contributed by atoms with E-state index in [1.807, 2.05) is 18.2 Å². The molecular formula is C22H29N5O2S. The standard InChI is InChI=1S/C22H29N5O2S/c1-16(11-12-17-7-3-2-4-8-17)23-20(29)18-9-5-13-26(15-18)21-24-25-22(30-21)27-14-6-10-19(27)28/h2-4,7-8,16,18H,5-6,9-15H2,1H3,(H,23,29)/t16-,18-/m0/s1. The van der Waals surface area contributed by atoms with Crippen LogP contribution >= 0.6 is 11.3 Å². The average Bonchev–Trinajstić information content (AvgIpc) is 3.42. The molecule has 1 aromatic heterocycles. The van der Waals surface area contributed by atoms with E-state index in [0.29, 0.717) is 18.1 Å². The van der Waals surface area contributed by atoms with Crippen LogP contribution in [0, 0.1) is 5.92 Å². The van der Waals surface area contributed by atoms with Gasteiger partial charge in [-0.1, -0.05) is 41.7 Å². The molecule has 3 heterocycles. The van der Waals surface area contributed by atoms with Gasteiger partial charge in [-0.2, -0.15) is 0 Å². The predicted octanol–water partition coefficient (Wildman–Crippen LogP) is 3.02. The highest BCUT2D eigenvalue weighted by atomic mass is 32.1. The van der Waals surface area contributed by atoms with E-state index < -0.39 is 0 Å². The SMILES string of the molecule is C[C@@H](CCc1ccccc1)NC(=O)[C@H]1CCCN(c2nnc(N3CCCC3=O)s2)C1. The molecule has 2 aromatic rings. The van der Waals surface area contributed by atoms with Crippen LogP contribution in [0.3, 0.4) is 0 Å². The van der Waals surface area contributed by atoms with Crippen LogP contribution in [-0.2, 0) is 16.0 Å². The predicted molar refractivity (Wildman–Crippen MR) is 119 cm³/mol. The van der Waals surface area contributed by atoms with Gasteiger partial charge in [0.1, 0.15) is 0 Å². The summed E-state index contributed by atoms with van der Waals surface area (Å²) >= 11 is 1.45. The zero-order chi connectivity index (χ0) is 20.9. The van der Waals surface area contributed by atoms with Gasteiger partial charge in [-0.25, -0.2) is 0 Å². The number of aryl methyl sites for hydroxylation is 1. The molecule has 0 saturated carbocycles. The lowest BCUT2D eigenvalue weighted by Gasteiger charge is -2.32. The molecule has 2 amide bonds. The van der Waals surface area contributed by atoms with E-state index in [1.54, 1.807) is 4.90 Å². The molecule has 2 saturated heterocycles. The Kier molecular flexibility index (Phi) is 6.62. The van der Waals surface area contributed by atoms with Gasteiger partial charge in [0.05, 0.1) is 5.92 Å². The number of amides is 2. The number of nitrogens with one attached hydrogen (secondary N) is 1. The first kappa shape index (κ1) is 20.8. The molecule has 2 aliphatic rings. The number of hydrogen-bond donors (Lipinski definition) is 1. The number of carbonyl (C=O) groups excluding carboxylic acids is 2. The van der Waals surface area contributed by atoms with Crippen molar-refractivity contribution in [1.82, 2.24) is 15.5 Å². The number of piperidine rings is 1. The van der Waals surface area contributed by atoms with E-state index in [9.17, 15) is 9.59 Å². The molecule has 0 spiro atoms. The van der Waals surface area contributed by atoms with E-state index in [4.69, 9.17) is 0 Å². The Morgan fingerprint density at radius 3 is 2.77 bits per heavy atom. The van der Waals surface area contributed by atoms with Gasteiger partial charge in [-0.05, 0) is 44.6 Å². The molecular weight excluding hydrogens is 398 g/mol. The van der Waals surface area contributed by atoms with Gasteiger partial charge in [-0.15, -0.1) is 10.2 Å². The van der Waals surface area contributed by atoms with Crippen molar-refractivity contribution in [1.29, 1.82) is 0 Å². The van der Waals surface area contributed by atoms with Crippen LogP contribution in [-0.4, -0.2) is 47.7 Å². The molecule has 160 valence electrons. The maximum Gasteiger partial charge on any atom is 0.228 e. The minimum absolute atomic E-state index is 0.0429. The Bertz CT molecular complexity index is 871. The number of anilines is 2. The highest BCUT2D eigenvalue weighted by molar-refractivity contribution is 7.19. The van der Waals surface area contributed by atoms with Crippen LogP contribution in [0.4, 0.5) is 10.3 Å². The first-order valence-electron chi connectivity index (χ1n) is 10.8. The summed E-state index contributed by atoms with van der Waals surface area (Å²) in [6.45, 7) is 4.32. The normalized spacial score (nSPS) is 20.4. The molecule has 0 radical (unpaired) electrons. The summed E-state index contributed by atoms with van der Waals surface area (Å²) in [5.74, 6) is 0.205. The van der Waals surface area contributed by atoms with Crippen molar-refractivity contribution in [3.8, 4) is 0 Å². The quantitative estimate of drug-likeness (QED) is 0.735. The number of hydrogen-bond acceptors (Lipinski definition) is 6. The minimum Gasteiger partial charge on any atom is -0.353 e. The third-order valence-electron chi connectivity index (χ3n) is 5.87. The molecule has 30 heavy (non-hydrogen) atoms. The summed E-state index contributed by atoms with van der Waals surface area (Å²) in [6, 6.07) is 10.5. The fraction of sp³-hybridized carbons (Fsp3) is 0.545. The fourth-order valence-electron chi connectivity index (χ4n) is 4.12. The van der Waals surface area contributed by atoms with E-state index in [-0.39, 0.29) is 23.8 Å². The second-order valence-corrected chi connectivity index (χ2v) is 9.17. The minimum atomic E-state index is -0.0429. The van der Waals surface area contributed by atoms with Gasteiger partial charge in [0.25, 0.3) is 0 Å². The van der Waals surface area contributed by atoms with Gasteiger partial charge in [-0.3, -0.25) is 14.5 Å². The lowest BCUT2D eigenvalue weighted by Crippen LogP contribution is -2.45. The van der Waals surface area contributed by atoms with Crippen molar-refractivity contribution in [2.24, 2.45) is 5.92 Å². The van der Waals surface area contributed by atoms with Gasteiger partial charge in [0.2, 0.25) is 22.1 Å². The van der Waals surface area contributed by atoms with Gasteiger partial charge < -0.3 is 10.2 Å². The summed E-state index contributed by atoms with van der Waals surface area (Å²) in [7, 11) is 0. The number of rotatable bonds is 7. The Balaban J connectivity index is 1.29. The highest BCUT2D eigenvalue weighted by Crippen LogP contribution is 2.32. The van der Waals surface area contributed by atoms with Crippen LogP contribution in [0.2, 0.25) is 0 Å². The smallest absolute Gasteiger partial charge is 0.228 e. The van der Waals surface area contributed by atoms with E-state index >= 15 is 0 Å². The number of nitrogens with zero attached hydrogens (tertiary/aromatic N) is 4. The maximum atomic E-state index is 12.8. The van der Waals surface area contributed by atoms with E-state index in [0.717, 1.165) is 50.3 Å². The zero-order valence-electron chi connectivity index (χ0n) is 17.4. The van der Waals surface area contributed by atoms with Gasteiger partial charge in [0, 0.05) is 32.1 Å². The third-order valence-corrected chi connectivity index (χ3v) is 6.88. The summed E-state index contributed by atoms with van der Waals surface area (Å²) in [6.07, 6.45) is 5.20. The second kappa shape index (κ2) is 9.55. The van der Waals surface area contributed by atoms with E-state index in [2.05, 4.69) is 39.5 Å². The molecule has 2 aliphatic heterocycles. The van der Waals surface area contributed by atoms with Crippen LogP contribution in [0.25, 0.3) is 0 Å². The van der Waals surface area contributed by atoms with Crippen LogP contribution < -0.4 is 15.1 Å². The first-order chi connectivity index (χ1) is 14.6. The maximum absolute atomic E-state index is 12.8. The van der Waals surface area contributed by atoms with Crippen molar-refractivity contribution in [3.63, 3.8) is 0 Å². The van der Waals surface area contributed by atoms with Crippen molar-refractivity contribution in [2.75, 3.05) is 29.4 Å². The lowest BCUT2D eigenvalue weighted by molar-refractivity contribution is -0.126. The van der Waals surface area contributed by atoms with Crippen molar-refractivity contribution >= 4 is 33.4 Å². The topological polar surface area (TPSA) is 78.4 Å². The Labute approximate surface area is 181 Å². The lowest BCUT2D eigenvalue weighted by atomic mass is 9.96. The number of carbonyl (C=O) groups is 2. The Morgan fingerprint density at radius 1 is 1.20 bits per heavy atom. The van der Waals surface area contributed by atoms with E-state index in [1.165, 1.54) is 16.9 Å². The molecule has 0 bridgehead atoms. The molecule has 0 unspecified atom stereocenters. The van der Waals surface area contributed by atoms with Crippen LogP contribution in [0.15, 0.2) is 30.3 Å². The second-order valence-electron chi connectivity index (χ2n) is 8.24. The summed E-state index contributed by atoms with van der Waals surface area (Å²) < 4.78 is 0. The molecule has 4 rings (SSSR count). The Hall–Kier alpha value is -2.48. The van der Waals surface area contributed by atoms with Crippen molar-refractivity contribution < 1.29 is 9.59 Å². The molecule has 7 nitrogen and oxygen atoms in total. The van der Waals surface area contributed by atoms with Gasteiger partial charge >= 0.3 is 0 Å². The average molecular weight is 428 g/mol. The summed E-state index contributed by atoms with van der Waals surface area (Å²) in [5, 5.41) is 13.2. The molecule has 8 heteroatoms. The summed E-state index contributed by atoms with van der Waals surface area (Å²) in [5.41, 5.74) is 1.30. The molecule has 0 aliphatic carbocycles. The monoisotopic (exact) mass is 427 g/mol. The van der Waals surface area contributed by atoms with Crippen molar-refractivity contribution in [3.05, 3.63) is 35.9 Å². The highest BCUT2D eigenvalue weighted by Gasteiger charge is 2.30. The van der Waals surface area contributed by atoms with Crippen LogP contribution in [0.5, 0.6) is 0 Å². The number of aromatic nitrogens is 2. The molecule has 2 atom stereocenters. The fourth-order valence-corrected chi connectivity index (χ4v) is 5.05. The zero-order valence-corrected chi connectivity index (χ0v) is 18.2. The third kappa shape index (κ3) is 4.98. The van der Waals surface area contributed by atoms with Crippen molar-refractivity contribution in [2.45, 2.75) is 51.5 Å². The Morgan fingerprint density at radius 2 is 2.00 bits per heavy atom. The molecule has 1 aromatic carbocycles. The largest absolute Gasteiger partial charge is 0.353 e. The van der Waals surface area contributed by atoms with Gasteiger partial charge in [0.15, 0.2) is 0 Å². The number of benzene rings is 1. The first-order valence-corrected chi connectivity index (χ1v) is 11.6. The van der Waals surface area contributed by atoms with Crippen LogP contribution in [0.1, 0.15) is 44.6 Å². The summed E-state index contributed by atoms with van der Waals surface area (Å²) in [4.78, 5) is 28.6.